The lowest BCUT2D eigenvalue weighted by atomic mass is 9.82. The molecule has 18 heavy (non-hydrogen) atoms. The third kappa shape index (κ3) is 1.48. The highest BCUT2D eigenvalue weighted by atomic mass is 16.1. The first-order chi connectivity index (χ1) is 8.83. The van der Waals surface area contributed by atoms with Crippen LogP contribution in [0.5, 0.6) is 0 Å². The smallest absolute Gasteiger partial charge is 0.178 e. The average Bonchev–Trinajstić information content (AvgIpc) is 2.86. The normalized spacial score (nSPS) is 38.1. The summed E-state index contributed by atoms with van der Waals surface area (Å²) in [6.45, 7) is 1.22. The van der Waals surface area contributed by atoms with Gasteiger partial charge >= 0.3 is 0 Å². The van der Waals surface area contributed by atoms with Crippen LogP contribution in [0.25, 0.3) is 0 Å². The van der Waals surface area contributed by atoms with Crippen LogP contribution >= 0.6 is 0 Å². The maximum atomic E-state index is 11.5. The van der Waals surface area contributed by atoms with Crippen LogP contribution in [0.2, 0.25) is 0 Å². The third-order valence-electron chi connectivity index (χ3n) is 5.32. The van der Waals surface area contributed by atoms with Gasteiger partial charge in [0, 0.05) is 30.8 Å². The van der Waals surface area contributed by atoms with Crippen molar-refractivity contribution in [2.45, 2.75) is 44.6 Å². The fraction of sp³-hybridized carbons (Fsp3) is 0.562. The lowest BCUT2D eigenvalue weighted by Crippen LogP contribution is -3.16. The molecule has 3 unspecified atom stereocenters. The quantitative estimate of drug-likeness (QED) is 0.684. The Kier molecular flexibility index (Phi) is 2.34. The average molecular weight is 242 g/mol. The lowest BCUT2D eigenvalue weighted by Gasteiger charge is -2.40. The van der Waals surface area contributed by atoms with Gasteiger partial charge in [0.25, 0.3) is 0 Å². The highest BCUT2D eigenvalue weighted by Crippen LogP contribution is 2.36. The van der Waals surface area contributed by atoms with Crippen LogP contribution in [-0.2, 0) is 4.79 Å². The number of allylic oxidation sites excluding steroid dienone is 5. The monoisotopic (exact) mass is 242 g/mol. The zero-order valence-electron chi connectivity index (χ0n) is 10.7. The molecule has 2 heteroatoms. The number of fused-ring (bicyclic) bond motifs is 4. The van der Waals surface area contributed by atoms with Crippen molar-refractivity contribution in [3.8, 4) is 0 Å². The number of quaternary nitrogens is 1. The van der Waals surface area contributed by atoms with Gasteiger partial charge in [-0.25, -0.2) is 0 Å². The van der Waals surface area contributed by atoms with Crippen molar-refractivity contribution < 1.29 is 9.69 Å². The van der Waals surface area contributed by atoms with Gasteiger partial charge in [-0.2, -0.15) is 0 Å². The van der Waals surface area contributed by atoms with Crippen LogP contribution in [0.3, 0.4) is 0 Å². The highest BCUT2D eigenvalue weighted by Gasteiger charge is 2.43. The van der Waals surface area contributed by atoms with E-state index in [1.54, 1.807) is 16.7 Å². The molecule has 2 heterocycles. The molecule has 1 saturated carbocycles. The Labute approximate surface area is 108 Å². The summed E-state index contributed by atoms with van der Waals surface area (Å²) in [6, 6.07) is 0.883. The highest BCUT2D eigenvalue weighted by molar-refractivity contribution is 6.02. The molecule has 0 aromatic carbocycles. The topological polar surface area (TPSA) is 21.5 Å². The molecule has 0 radical (unpaired) electrons. The van der Waals surface area contributed by atoms with Crippen LogP contribution < -0.4 is 4.90 Å². The van der Waals surface area contributed by atoms with Gasteiger partial charge in [0.2, 0.25) is 0 Å². The van der Waals surface area contributed by atoms with E-state index in [2.05, 4.69) is 6.08 Å². The van der Waals surface area contributed by atoms with Crippen molar-refractivity contribution in [2.24, 2.45) is 5.92 Å². The number of carbonyl (C=O) groups is 1. The van der Waals surface area contributed by atoms with Gasteiger partial charge in [-0.1, -0.05) is 0 Å². The maximum Gasteiger partial charge on any atom is 0.178 e. The van der Waals surface area contributed by atoms with E-state index in [0.29, 0.717) is 0 Å². The fourth-order valence-electron chi connectivity index (χ4n) is 4.54. The van der Waals surface area contributed by atoms with E-state index in [-0.39, 0.29) is 5.78 Å². The molecule has 2 aliphatic heterocycles. The minimum atomic E-state index is 0.173. The van der Waals surface area contributed by atoms with Crippen molar-refractivity contribution in [3.05, 3.63) is 35.1 Å². The summed E-state index contributed by atoms with van der Waals surface area (Å²) >= 11 is 0. The molecular weight excluding hydrogens is 222 g/mol. The molecule has 2 fully saturated rings. The molecule has 2 aliphatic carbocycles. The summed E-state index contributed by atoms with van der Waals surface area (Å²) in [7, 11) is 0. The summed E-state index contributed by atoms with van der Waals surface area (Å²) in [5.74, 6) is 1.15. The first-order valence-electron chi connectivity index (χ1n) is 7.35. The molecule has 4 rings (SSSR count). The summed E-state index contributed by atoms with van der Waals surface area (Å²) in [5, 5.41) is 0. The predicted octanol–water partition coefficient (Wildman–Crippen LogP) is 1.56. The molecule has 0 amide bonds. The van der Waals surface area contributed by atoms with Gasteiger partial charge in [-0.15, -0.1) is 0 Å². The first kappa shape index (κ1) is 10.7. The summed E-state index contributed by atoms with van der Waals surface area (Å²) in [6.07, 6.45) is 13.7. The molecular formula is C16H20NO+. The Hall–Kier alpha value is -1.15. The van der Waals surface area contributed by atoms with E-state index in [9.17, 15) is 4.79 Å². The van der Waals surface area contributed by atoms with E-state index in [1.165, 1.54) is 49.8 Å². The second-order valence-corrected chi connectivity index (χ2v) is 6.16. The number of ketones is 1. The second-order valence-electron chi connectivity index (χ2n) is 6.16. The largest absolute Gasteiger partial charge is 0.303 e. The zero-order valence-corrected chi connectivity index (χ0v) is 10.7. The third-order valence-corrected chi connectivity index (χ3v) is 5.32. The van der Waals surface area contributed by atoms with Crippen molar-refractivity contribution in [3.63, 3.8) is 0 Å². The van der Waals surface area contributed by atoms with E-state index in [0.717, 1.165) is 18.4 Å². The minimum absolute atomic E-state index is 0.173. The molecule has 2 nitrogen and oxygen atoms in total. The number of rotatable bonds is 0. The molecule has 0 bridgehead atoms. The Morgan fingerprint density at radius 2 is 2.06 bits per heavy atom. The lowest BCUT2D eigenvalue weighted by molar-refractivity contribution is -0.898. The molecule has 0 aromatic rings. The van der Waals surface area contributed by atoms with E-state index in [1.807, 2.05) is 6.08 Å². The van der Waals surface area contributed by atoms with Gasteiger partial charge in [-0.05, 0) is 43.1 Å². The van der Waals surface area contributed by atoms with E-state index >= 15 is 0 Å². The summed E-state index contributed by atoms with van der Waals surface area (Å²) in [5.41, 5.74) is 4.32. The number of carbonyl (C=O) groups excluding carboxylic acids is 1. The van der Waals surface area contributed by atoms with E-state index < -0.39 is 0 Å². The number of nitrogens with one attached hydrogen (secondary N) is 1. The van der Waals surface area contributed by atoms with Gasteiger partial charge in [0.05, 0.1) is 12.6 Å². The van der Waals surface area contributed by atoms with Gasteiger partial charge in [0.1, 0.15) is 5.70 Å². The Balaban J connectivity index is 1.76. The van der Waals surface area contributed by atoms with Crippen LogP contribution in [0.1, 0.15) is 38.5 Å². The molecule has 94 valence electrons. The molecule has 1 N–H and O–H groups in total. The first-order valence-corrected chi connectivity index (χ1v) is 7.35. The van der Waals surface area contributed by atoms with Crippen molar-refractivity contribution in [1.29, 1.82) is 0 Å². The number of hydrogen-bond donors (Lipinski definition) is 1. The zero-order chi connectivity index (χ0) is 12.1. The van der Waals surface area contributed by atoms with Crippen LogP contribution in [0.4, 0.5) is 0 Å². The van der Waals surface area contributed by atoms with Crippen molar-refractivity contribution in [2.75, 3.05) is 6.54 Å². The van der Waals surface area contributed by atoms with E-state index in [4.69, 9.17) is 0 Å². The SMILES string of the molecule is O=C1C=CC2=C3CCC4CCCC4[NH+]3CCC2=C1. The Morgan fingerprint density at radius 1 is 1.11 bits per heavy atom. The number of hydrogen-bond acceptors (Lipinski definition) is 1. The minimum Gasteiger partial charge on any atom is -0.303 e. The number of piperidine rings is 1. The Morgan fingerprint density at radius 3 is 3.00 bits per heavy atom. The van der Waals surface area contributed by atoms with Gasteiger partial charge in [-0.3, -0.25) is 4.79 Å². The van der Waals surface area contributed by atoms with Crippen molar-refractivity contribution >= 4 is 5.78 Å². The van der Waals surface area contributed by atoms with Crippen LogP contribution in [0, 0.1) is 5.92 Å². The maximum absolute atomic E-state index is 11.5. The molecule has 0 spiro atoms. The standard InChI is InChI=1S/C16H19NO/c18-13-5-6-14-12(10-13)8-9-17-15-3-1-2-11(15)4-7-16(14)17/h5-6,10-11,15H,1-4,7-9H2/p+1. The van der Waals surface area contributed by atoms with Gasteiger partial charge < -0.3 is 4.90 Å². The summed E-state index contributed by atoms with van der Waals surface area (Å²) in [4.78, 5) is 13.2. The predicted molar refractivity (Wildman–Crippen MR) is 70.1 cm³/mol. The molecule has 3 atom stereocenters. The van der Waals surface area contributed by atoms with Gasteiger partial charge in [0.15, 0.2) is 5.78 Å². The van der Waals surface area contributed by atoms with Crippen molar-refractivity contribution in [1.82, 2.24) is 0 Å². The second kappa shape index (κ2) is 3.92. The molecule has 1 saturated heterocycles. The molecule has 0 aromatic heterocycles. The molecule has 4 aliphatic rings. The van der Waals surface area contributed by atoms with Crippen LogP contribution in [0.15, 0.2) is 35.1 Å². The fourth-order valence-corrected chi connectivity index (χ4v) is 4.54. The summed E-state index contributed by atoms with van der Waals surface area (Å²) < 4.78 is 0. The van der Waals surface area contributed by atoms with Crippen LogP contribution in [-0.4, -0.2) is 18.4 Å². The Bertz CT molecular complexity index is 497.